The number of hydrogen-bond donors (Lipinski definition) is 1. The number of nitrogens with one attached hydrogen (secondary N) is 1. The third-order valence-corrected chi connectivity index (χ3v) is 4.65. The summed E-state index contributed by atoms with van der Waals surface area (Å²) in [5, 5.41) is 12.2. The summed E-state index contributed by atoms with van der Waals surface area (Å²) >= 11 is 1.86. The van der Waals surface area contributed by atoms with E-state index in [0.717, 1.165) is 18.2 Å². The minimum Gasteiger partial charge on any atom is -0.384 e. The maximum Gasteiger partial charge on any atom is 0.417 e. The predicted octanol–water partition coefficient (Wildman–Crippen LogP) is 4.27. The van der Waals surface area contributed by atoms with Gasteiger partial charge < -0.3 is 5.32 Å². The van der Waals surface area contributed by atoms with E-state index in [1.165, 1.54) is 25.0 Å². The van der Waals surface area contributed by atoms with Gasteiger partial charge in [0.25, 0.3) is 0 Å². The molecule has 2 nitrogen and oxygen atoms in total. The van der Waals surface area contributed by atoms with E-state index >= 15 is 0 Å². The third-order valence-electron chi connectivity index (χ3n) is 3.25. The molecular weight excluding hydrogens is 285 g/mol. The Bertz CT molecular complexity index is 502. The predicted molar refractivity (Wildman–Crippen MR) is 74.7 cm³/mol. The zero-order valence-electron chi connectivity index (χ0n) is 10.8. The van der Waals surface area contributed by atoms with Crippen LogP contribution in [0.3, 0.4) is 0 Å². The van der Waals surface area contributed by atoms with Crippen molar-refractivity contribution < 1.29 is 13.2 Å². The van der Waals surface area contributed by atoms with Crippen LogP contribution < -0.4 is 5.32 Å². The summed E-state index contributed by atoms with van der Waals surface area (Å²) in [6, 6.07) is 5.35. The third kappa shape index (κ3) is 3.83. The summed E-state index contributed by atoms with van der Waals surface area (Å²) in [6.07, 6.45) is -1.00. The quantitative estimate of drug-likeness (QED) is 0.905. The first-order chi connectivity index (χ1) is 9.50. The number of alkyl halides is 3. The lowest BCUT2D eigenvalue weighted by molar-refractivity contribution is -0.137. The first-order valence-electron chi connectivity index (χ1n) is 6.47. The molecule has 0 saturated carbocycles. The summed E-state index contributed by atoms with van der Waals surface area (Å²) in [6.45, 7) is 0.661. The second-order valence-corrected chi connectivity index (χ2v) is 6.15. The molecule has 108 valence electrons. The maximum absolute atomic E-state index is 12.8. The average Bonchev–Trinajstić information content (AvgIpc) is 2.45. The molecule has 1 aliphatic heterocycles. The van der Waals surface area contributed by atoms with Crippen LogP contribution >= 0.6 is 11.8 Å². The van der Waals surface area contributed by atoms with Crippen molar-refractivity contribution in [2.75, 3.05) is 17.6 Å². The number of halogens is 3. The monoisotopic (exact) mass is 300 g/mol. The number of nitriles is 1. The van der Waals surface area contributed by atoms with Crippen molar-refractivity contribution in [2.24, 2.45) is 0 Å². The summed E-state index contributed by atoms with van der Waals surface area (Å²) in [5.74, 6) is 1.12. The molecule has 0 aromatic heterocycles. The molecule has 1 unspecified atom stereocenters. The smallest absolute Gasteiger partial charge is 0.384 e. The molecule has 0 amide bonds. The number of nitrogens with zero attached hydrogens (tertiary/aromatic N) is 1. The summed E-state index contributed by atoms with van der Waals surface area (Å²) in [5.41, 5.74) is -0.793. The standard InChI is InChI=1S/C14H15F3N2S/c15-14(16,17)13-7-11(5-4-10(13)8-18)19-9-12-3-1-2-6-20-12/h4-5,7,12,19H,1-3,6,9H2. The zero-order chi connectivity index (χ0) is 14.6. The molecule has 1 heterocycles. The molecule has 1 aromatic rings. The Hall–Kier alpha value is -1.35. The molecule has 20 heavy (non-hydrogen) atoms. The highest BCUT2D eigenvalue weighted by Gasteiger charge is 2.33. The van der Waals surface area contributed by atoms with Gasteiger partial charge >= 0.3 is 6.18 Å². The van der Waals surface area contributed by atoms with Gasteiger partial charge in [-0.1, -0.05) is 6.42 Å². The van der Waals surface area contributed by atoms with Gasteiger partial charge in [0, 0.05) is 17.5 Å². The SMILES string of the molecule is N#Cc1ccc(NCC2CCCCS2)cc1C(F)(F)F. The maximum atomic E-state index is 12.8. The fourth-order valence-electron chi connectivity index (χ4n) is 2.19. The molecule has 1 saturated heterocycles. The van der Waals surface area contributed by atoms with E-state index in [2.05, 4.69) is 5.32 Å². The Kier molecular flexibility index (Phi) is 4.81. The number of rotatable bonds is 3. The van der Waals surface area contributed by atoms with Gasteiger partial charge in [-0.15, -0.1) is 0 Å². The molecule has 1 atom stereocenters. The Morgan fingerprint density at radius 2 is 2.15 bits per heavy atom. The van der Waals surface area contributed by atoms with Gasteiger partial charge in [-0.25, -0.2) is 0 Å². The van der Waals surface area contributed by atoms with Crippen molar-refractivity contribution >= 4 is 17.4 Å². The van der Waals surface area contributed by atoms with Crippen LogP contribution in [0.5, 0.6) is 0 Å². The van der Waals surface area contributed by atoms with Crippen LogP contribution in [0.25, 0.3) is 0 Å². The molecule has 1 N–H and O–H groups in total. The fraction of sp³-hybridized carbons (Fsp3) is 0.500. The van der Waals surface area contributed by atoms with E-state index < -0.39 is 11.7 Å². The van der Waals surface area contributed by atoms with E-state index in [1.807, 2.05) is 11.8 Å². The second-order valence-electron chi connectivity index (χ2n) is 4.74. The van der Waals surface area contributed by atoms with Gasteiger partial charge in [0.2, 0.25) is 0 Å². The summed E-state index contributed by atoms with van der Waals surface area (Å²) in [7, 11) is 0. The van der Waals surface area contributed by atoms with E-state index in [0.29, 0.717) is 17.5 Å². The molecule has 6 heteroatoms. The van der Waals surface area contributed by atoms with Gasteiger partial charge in [-0.3, -0.25) is 0 Å². The number of thioether (sulfide) groups is 1. The second kappa shape index (κ2) is 6.40. The Morgan fingerprint density at radius 3 is 2.75 bits per heavy atom. The van der Waals surface area contributed by atoms with Gasteiger partial charge in [0.05, 0.1) is 17.2 Å². The van der Waals surface area contributed by atoms with Crippen molar-refractivity contribution in [3.63, 3.8) is 0 Å². The molecule has 0 bridgehead atoms. The van der Waals surface area contributed by atoms with Gasteiger partial charge in [0.1, 0.15) is 0 Å². The zero-order valence-corrected chi connectivity index (χ0v) is 11.7. The molecule has 1 fully saturated rings. The van der Waals surface area contributed by atoms with Crippen LogP contribution in [0, 0.1) is 11.3 Å². The summed E-state index contributed by atoms with van der Waals surface area (Å²) < 4.78 is 38.5. The Morgan fingerprint density at radius 1 is 1.35 bits per heavy atom. The van der Waals surface area contributed by atoms with Crippen LogP contribution in [0.1, 0.15) is 30.4 Å². The van der Waals surface area contributed by atoms with Crippen LogP contribution in [0.4, 0.5) is 18.9 Å². The van der Waals surface area contributed by atoms with Crippen molar-refractivity contribution in [1.82, 2.24) is 0 Å². The van der Waals surface area contributed by atoms with Crippen molar-refractivity contribution in [3.05, 3.63) is 29.3 Å². The lowest BCUT2D eigenvalue weighted by Crippen LogP contribution is -2.20. The van der Waals surface area contributed by atoms with E-state index in [1.54, 1.807) is 6.07 Å². The van der Waals surface area contributed by atoms with E-state index in [-0.39, 0.29) is 5.56 Å². The molecule has 1 aromatic carbocycles. The molecule has 2 rings (SSSR count). The Balaban J connectivity index is 2.07. The van der Waals surface area contributed by atoms with Crippen LogP contribution in [-0.4, -0.2) is 17.5 Å². The van der Waals surface area contributed by atoms with Gasteiger partial charge in [-0.05, 0) is 36.8 Å². The molecule has 0 spiro atoms. The molecule has 0 radical (unpaired) electrons. The van der Waals surface area contributed by atoms with E-state index in [4.69, 9.17) is 5.26 Å². The minimum atomic E-state index is -4.50. The first-order valence-corrected chi connectivity index (χ1v) is 7.52. The number of anilines is 1. The van der Waals surface area contributed by atoms with Crippen molar-refractivity contribution in [3.8, 4) is 6.07 Å². The van der Waals surface area contributed by atoms with Gasteiger partial charge in [0.15, 0.2) is 0 Å². The lowest BCUT2D eigenvalue weighted by Gasteiger charge is -2.22. The highest BCUT2D eigenvalue weighted by atomic mass is 32.2. The first kappa shape index (κ1) is 15.0. The van der Waals surface area contributed by atoms with Gasteiger partial charge in [-0.2, -0.15) is 30.2 Å². The van der Waals surface area contributed by atoms with Crippen LogP contribution in [-0.2, 0) is 6.18 Å². The molecular formula is C14H15F3N2S. The number of hydrogen-bond acceptors (Lipinski definition) is 3. The molecule has 1 aliphatic rings. The van der Waals surface area contributed by atoms with Crippen molar-refractivity contribution in [1.29, 1.82) is 5.26 Å². The van der Waals surface area contributed by atoms with Crippen molar-refractivity contribution in [2.45, 2.75) is 30.7 Å². The average molecular weight is 300 g/mol. The lowest BCUT2D eigenvalue weighted by atomic mass is 10.1. The number of benzene rings is 1. The van der Waals surface area contributed by atoms with Crippen LogP contribution in [0.15, 0.2) is 18.2 Å². The van der Waals surface area contributed by atoms with E-state index in [9.17, 15) is 13.2 Å². The molecule has 0 aliphatic carbocycles. The topological polar surface area (TPSA) is 35.8 Å². The highest BCUT2D eigenvalue weighted by molar-refractivity contribution is 7.99. The normalized spacial score (nSPS) is 19.4. The Labute approximate surface area is 120 Å². The largest absolute Gasteiger partial charge is 0.417 e. The minimum absolute atomic E-state index is 0.338. The summed E-state index contributed by atoms with van der Waals surface area (Å²) in [4.78, 5) is 0. The fourth-order valence-corrected chi connectivity index (χ4v) is 3.42. The highest BCUT2D eigenvalue weighted by Crippen LogP contribution is 2.34. The van der Waals surface area contributed by atoms with Crippen LogP contribution in [0.2, 0.25) is 0 Å².